The number of amides is 1. The molecule has 0 bridgehead atoms. The summed E-state index contributed by atoms with van der Waals surface area (Å²) < 4.78 is 0.901. The lowest BCUT2D eigenvalue weighted by atomic mass is 9.93. The number of aliphatic carboxylic acids is 1. The van der Waals surface area contributed by atoms with Gasteiger partial charge in [-0.3, -0.25) is 9.59 Å². The molecule has 0 radical (unpaired) electrons. The topological polar surface area (TPSA) is 74.7 Å². The monoisotopic (exact) mass is 399 g/mol. The Kier molecular flexibility index (Phi) is 5.86. The molecule has 0 aliphatic carbocycles. The van der Waals surface area contributed by atoms with Crippen LogP contribution in [0.5, 0.6) is 0 Å². The number of nitrogens with zero attached hydrogens (tertiary/aromatic N) is 1. The maximum Gasteiger partial charge on any atom is 0.326 e. The van der Waals surface area contributed by atoms with E-state index < -0.39 is 12.0 Å². The standard InChI is InChI=1S/C16H18BrNO4S/c1-9(23-10(2)19)5-15(20)18-8-12-6-13(17)4-3-11(12)7-14(18)16(21)22/h3-4,6,9,14H,5,7-8H2,1-2H3,(H,21,22). The fraction of sp³-hybridized carbons (Fsp3) is 0.438. The van der Waals surface area contributed by atoms with Gasteiger partial charge in [0.05, 0.1) is 0 Å². The van der Waals surface area contributed by atoms with Crippen LogP contribution in [-0.2, 0) is 27.3 Å². The number of carboxylic acid groups (broad SMARTS) is 1. The molecule has 1 aromatic rings. The Morgan fingerprint density at radius 3 is 2.70 bits per heavy atom. The SMILES string of the molecule is CC(=O)SC(C)CC(=O)N1Cc2cc(Br)ccc2CC1C(=O)O. The molecule has 0 saturated heterocycles. The van der Waals surface area contributed by atoms with Gasteiger partial charge in [0.2, 0.25) is 5.91 Å². The van der Waals surface area contributed by atoms with Crippen molar-refractivity contribution < 1.29 is 19.5 Å². The molecule has 2 unspecified atom stereocenters. The van der Waals surface area contributed by atoms with E-state index in [0.717, 1.165) is 27.4 Å². The summed E-state index contributed by atoms with van der Waals surface area (Å²) >= 11 is 4.50. The van der Waals surface area contributed by atoms with Crippen LogP contribution in [0, 0.1) is 0 Å². The van der Waals surface area contributed by atoms with E-state index >= 15 is 0 Å². The Morgan fingerprint density at radius 1 is 1.39 bits per heavy atom. The number of benzene rings is 1. The van der Waals surface area contributed by atoms with E-state index in [-0.39, 0.29) is 29.2 Å². The summed E-state index contributed by atoms with van der Waals surface area (Å²) in [4.78, 5) is 36.6. The van der Waals surface area contributed by atoms with Crippen LogP contribution in [0.2, 0.25) is 0 Å². The van der Waals surface area contributed by atoms with Gasteiger partial charge in [0.15, 0.2) is 5.12 Å². The number of carbonyl (C=O) groups excluding carboxylic acids is 2. The van der Waals surface area contributed by atoms with Crippen molar-refractivity contribution >= 4 is 44.7 Å². The first-order valence-electron chi connectivity index (χ1n) is 7.24. The number of hydrogen-bond donors (Lipinski definition) is 1. The van der Waals surface area contributed by atoms with E-state index in [9.17, 15) is 19.5 Å². The summed E-state index contributed by atoms with van der Waals surface area (Å²) in [7, 11) is 0. The lowest BCUT2D eigenvalue weighted by Crippen LogP contribution is -2.49. The highest BCUT2D eigenvalue weighted by molar-refractivity contribution is 9.10. The Bertz CT molecular complexity index is 649. The fourth-order valence-corrected chi connectivity index (χ4v) is 3.92. The first kappa shape index (κ1) is 18.0. The van der Waals surface area contributed by atoms with Crippen LogP contribution in [-0.4, -0.2) is 38.3 Å². The van der Waals surface area contributed by atoms with Crippen molar-refractivity contribution in [3.63, 3.8) is 0 Å². The van der Waals surface area contributed by atoms with Crippen molar-refractivity contribution in [3.8, 4) is 0 Å². The van der Waals surface area contributed by atoms with Crippen LogP contribution < -0.4 is 0 Å². The number of fused-ring (bicyclic) bond motifs is 1. The second-order valence-electron chi connectivity index (χ2n) is 5.62. The van der Waals surface area contributed by atoms with Crippen LogP contribution in [0.25, 0.3) is 0 Å². The Hall–Kier alpha value is -1.34. The lowest BCUT2D eigenvalue weighted by molar-refractivity contribution is -0.151. The van der Waals surface area contributed by atoms with Gasteiger partial charge in [-0.25, -0.2) is 4.79 Å². The molecular formula is C16H18BrNO4S. The van der Waals surface area contributed by atoms with E-state index in [4.69, 9.17) is 0 Å². The minimum atomic E-state index is -1.00. The van der Waals surface area contributed by atoms with Gasteiger partial charge >= 0.3 is 5.97 Å². The van der Waals surface area contributed by atoms with Crippen LogP contribution >= 0.6 is 27.7 Å². The molecule has 2 rings (SSSR count). The fourth-order valence-electron chi connectivity index (χ4n) is 2.72. The Balaban J connectivity index is 2.19. The predicted octanol–water partition coefficient (Wildman–Crippen LogP) is 2.85. The molecule has 23 heavy (non-hydrogen) atoms. The molecule has 1 aliphatic heterocycles. The van der Waals surface area contributed by atoms with Crippen molar-refractivity contribution in [2.45, 2.75) is 44.5 Å². The average molecular weight is 400 g/mol. The first-order valence-corrected chi connectivity index (χ1v) is 8.92. The average Bonchev–Trinajstić information content (AvgIpc) is 2.44. The maximum atomic E-state index is 12.5. The van der Waals surface area contributed by atoms with Crippen molar-refractivity contribution in [3.05, 3.63) is 33.8 Å². The van der Waals surface area contributed by atoms with Gasteiger partial charge in [0, 0.05) is 36.0 Å². The number of rotatable bonds is 4. The molecule has 0 aromatic heterocycles. The molecule has 124 valence electrons. The quantitative estimate of drug-likeness (QED) is 0.842. The van der Waals surface area contributed by atoms with Gasteiger partial charge in [-0.2, -0.15) is 0 Å². The summed E-state index contributed by atoms with van der Waals surface area (Å²) in [6.45, 7) is 3.54. The minimum absolute atomic E-state index is 0.0481. The van der Waals surface area contributed by atoms with E-state index in [1.165, 1.54) is 11.8 Å². The summed E-state index contributed by atoms with van der Waals surface area (Å²) in [5, 5.41) is 9.24. The smallest absolute Gasteiger partial charge is 0.326 e. The molecule has 0 saturated carbocycles. The van der Waals surface area contributed by atoms with Gasteiger partial charge in [0.1, 0.15) is 6.04 Å². The van der Waals surface area contributed by atoms with Gasteiger partial charge in [-0.15, -0.1) is 0 Å². The predicted molar refractivity (Wildman–Crippen MR) is 92.2 cm³/mol. The lowest BCUT2D eigenvalue weighted by Gasteiger charge is -2.35. The van der Waals surface area contributed by atoms with Crippen LogP contribution in [0.15, 0.2) is 22.7 Å². The van der Waals surface area contributed by atoms with Crippen molar-refractivity contribution in [2.75, 3.05) is 0 Å². The van der Waals surface area contributed by atoms with E-state index in [1.54, 1.807) is 6.92 Å². The molecule has 1 aliphatic rings. The largest absolute Gasteiger partial charge is 0.480 e. The first-order chi connectivity index (χ1) is 10.8. The highest BCUT2D eigenvalue weighted by Gasteiger charge is 2.35. The summed E-state index contributed by atoms with van der Waals surface area (Å²) in [5.74, 6) is -1.23. The number of thioether (sulfide) groups is 1. The second-order valence-corrected chi connectivity index (χ2v) is 8.15. The molecule has 0 fully saturated rings. The highest BCUT2D eigenvalue weighted by atomic mass is 79.9. The minimum Gasteiger partial charge on any atom is -0.480 e. The third-order valence-electron chi connectivity index (χ3n) is 3.73. The zero-order valence-corrected chi connectivity index (χ0v) is 15.3. The van der Waals surface area contributed by atoms with Crippen molar-refractivity contribution in [2.24, 2.45) is 0 Å². The number of carboxylic acids is 1. The van der Waals surface area contributed by atoms with Gasteiger partial charge in [0.25, 0.3) is 0 Å². The number of hydrogen-bond acceptors (Lipinski definition) is 4. The Morgan fingerprint density at radius 2 is 2.09 bits per heavy atom. The zero-order chi connectivity index (χ0) is 17.1. The second kappa shape index (κ2) is 7.49. The summed E-state index contributed by atoms with van der Waals surface area (Å²) in [6.07, 6.45) is 0.454. The number of halogens is 1. The maximum absolute atomic E-state index is 12.5. The van der Waals surface area contributed by atoms with E-state index in [1.807, 2.05) is 18.2 Å². The van der Waals surface area contributed by atoms with Crippen molar-refractivity contribution in [1.82, 2.24) is 4.90 Å². The molecular weight excluding hydrogens is 382 g/mol. The Labute approximate surface area is 147 Å². The zero-order valence-electron chi connectivity index (χ0n) is 12.9. The van der Waals surface area contributed by atoms with E-state index in [0.29, 0.717) is 6.42 Å². The summed E-state index contributed by atoms with van der Waals surface area (Å²) in [5.41, 5.74) is 1.91. The molecule has 5 nitrogen and oxygen atoms in total. The molecule has 0 spiro atoms. The third-order valence-corrected chi connectivity index (χ3v) is 5.13. The van der Waals surface area contributed by atoms with Gasteiger partial charge in [-0.1, -0.05) is 40.7 Å². The highest BCUT2D eigenvalue weighted by Crippen LogP contribution is 2.28. The van der Waals surface area contributed by atoms with Crippen LogP contribution in [0.3, 0.4) is 0 Å². The molecule has 1 amide bonds. The molecule has 2 atom stereocenters. The van der Waals surface area contributed by atoms with E-state index in [2.05, 4.69) is 15.9 Å². The van der Waals surface area contributed by atoms with Crippen molar-refractivity contribution in [1.29, 1.82) is 0 Å². The third kappa shape index (κ3) is 4.57. The van der Waals surface area contributed by atoms with Crippen LogP contribution in [0.1, 0.15) is 31.4 Å². The molecule has 1 N–H and O–H groups in total. The van der Waals surface area contributed by atoms with Crippen LogP contribution in [0.4, 0.5) is 0 Å². The molecule has 1 heterocycles. The normalized spacial score (nSPS) is 18.2. The summed E-state index contributed by atoms with van der Waals surface area (Å²) in [6, 6.07) is 4.83. The number of carbonyl (C=O) groups is 3. The van der Waals surface area contributed by atoms with Gasteiger partial charge in [-0.05, 0) is 23.3 Å². The van der Waals surface area contributed by atoms with Gasteiger partial charge < -0.3 is 10.0 Å². The molecule has 7 heteroatoms. The molecule has 1 aromatic carbocycles.